The first kappa shape index (κ1) is 23.0. The quantitative estimate of drug-likeness (QED) is 0.319. The minimum Gasteiger partial charge on any atom is -0.508 e. The van der Waals surface area contributed by atoms with Crippen molar-refractivity contribution in [1.29, 1.82) is 0 Å². The molecular weight excluding hydrogens is 436 g/mol. The van der Waals surface area contributed by atoms with Gasteiger partial charge in [0.05, 0.1) is 6.61 Å². The molecule has 1 saturated heterocycles. The van der Waals surface area contributed by atoms with Crippen molar-refractivity contribution < 1.29 is 49.6 Å². The van der Waals surface area contributed by atoms with Gasteiger partial charge in [-0.25, -0.2) is 4.79 Å². The van der Waals surface area contributed by atoms with Crippen LogP contribution in [-0.4, -0.2) is 80.0 Å². The highest BCUT2D eigenvalue weighted by atomic mass is 16.7. The van der Waals surface area contributed by atoms with Gasteiger partial charge in [-0.3, -0.25) is 0 Å². The molecule has 0 saturated carbocycles. The molecule has 2 aliphatic rings. The molecule has 2 aromatic rings. The first-order valence-electron chi connectivity index (χ1n) is 10.3. The number of ether oxygens (including phenoxy) is 3. The van der Waals surface area contributed by atoms with Gasteiger partial charge in [0.25, 0.3) is 0 Å². The van der Waals surface area contributed by atoms with Gasteiger partial charge in [-0.15, -0.1) is 0 Å². The summed E-state index contributed by atoms with van der Waals surface area (Å²) in [5.41, 5.74) is 1.63. The van der Waals surface area contributed by atoms with E-state index in [-0.39, 0.29) is 17.2 Å². The van der Waals surface area contributed by atoms with Gasteiger partial charge in [-0.2, -0.15) is 0 Å². The second-order valence-electron chi connectivity index (χ2n) is 7.89. The summed E-state index contributed by atoms with van der Waals surface area (Å²) in [6, 6.07) is 10.6. The fourth-order valence-electron chi connectivity index (χ4n) is 3.84. The number of hydrogen-bond acceptors (Lipinski definition) is 10. The molecule has 6 N–H and O–H groups in total. The maximum Gasteiger partial charge on any atom is 0.331 e. The smallest absolute Gasteiger partial charge is 0.331 e. The third-order valence-corrected chi connectivity index (χ3v) is 5.60. The number of carbonyl (C=O) groups excluding carboxylic acids is 1. The number of phenols is 2. The molecule has 1 unspecified atom stereocenters. The number of aliphatic hydroxyl groups is 4. The Morgan fingerprint density at radius 1 is 0.909 bits per heavy atom. The van der Waals surface area contributed by atoms with E-state index >= 15 is 0 Å². The first-order chi connectivity index (χ1) is 15.8. The number of aromatic hydroxyl groups is 2. The van der Waals surface area contributed by atoms with Gasteiger partial charge in [-0.1, -0.05) is 12.1 Å². The highest BCUT2D eigenvalue weighted by Gasteiger charge is 2.45. The molecule has 0 aromatic heterocycles. The van der Waals surface area contributed by atoms with Crippen LogP contribution in [0.1, 0.15) is 11.1 Å². The summed E-state index contributed by atoms with van der Waals surface area (Å²) in [5, 5.41) is 59.2. The van der Waals surface area contributed by atoms with Crippen molar-refractivity contribution in [3.8, 4) is 17.2 Å². The van der Waals surface area contributed by atoms with E-state index in [2.05, 4.69) is 0 Å². The van der Waals surface area contributed by atoms with Crippen LogP contribution in [0.4, 0.5) is 0 Å². The number of phenolic OH excluding ortho intramolecular Hbond substituents is 2. The SMILES string of the molecule is O=C1C=C(c2ccc(O)cc2O[C@@H]2O[C@H](CO)[C@@H](O)[C@H](O)[C@H]2O)C(Cc2ccc(O)cc2)O1. The number of rotatable bonds is 6. The number of hydrogen-bond donors (Lipinski definition) is 6. The fourth-order valence-corrected chi connectivity index (χ4v) is 3.84. The number of esters is 1. The maximum atomic E-state index is 12.1. The predicted molar refractivity (Wildman–Crippen MR) is 112 cm³/mol. The Kier molecular flexibility index (Phi) is 6.54. The highest BCUT2D eigenvalue weighted by Crippen LogP contribution is 2.38. The van der Waals surface area contributed by atoms with Gasteiger partial charge in [0.15, 0.2) is 0 Å². The molecule has 6 atom stereocenters. The summed E-state index contributed by atoms with van der Waals surface area (Å²) < 4.78 is 16.6. The summed E-state index contributed by atoms with van der Waals surface area (Å²) in [7, 11) is 0. The second-order valence-corrected chi connectivity index (χ2v) is 7.89. The average molecular weight is 460 g/mol. The van der Waals surface area contributed by atoms with Crippen LogP contribution >= 0.6 is 0 Å². The number of carbonyl (C=O) groups is 1. The Bertz CT molecular complexity index is 1030. The molecular formula is C23H24O10. The van der Waals surface area contributed by atoms with Crippen LogP contribution in [0.2, 0.25) is 0 Å². The Hall–Kier alpha value is -3.15. The summed E-state index contributed by atoms with van der Waals surface area (Å²) in [6.45, 7) is -0.625. The topological polar surface area (TPSA) is 166 Å². The van der Waals surface area contributed by atoms with E-state index < -0.39 is 49.4 Å². The monoisotopic (exact) mass is 460 g/mol. The lowest BCUT2D eigenvalue weighted by atomic mass is 9.95. The third kappa shape index (κ3) is 4.80. The molecule has 33 heavy (non-hydrogen) atoms. The molecule has 0 amide bonds. The molecule has 0 spiro atoms. The van der Waals surface area contributed by atoms with Crippen LogP contribution in [0.3, 0.4) is 0 Å². The number of benzene rings is 2. The lowest BCUT2D eigenvalue weighted by Crippen LogP contribution is -2.60. The Morgan fingerprint density at radius 2 is 1.61 bits per heavy atom. The van der Waals surface area contributed by atoms with Gasteiger partial charge in [-0.05, 0) is 29.8 Å². The van der Waals surface area contributed by atoms with Crippen molar-refractivity contribution in [3.05, 3.63) is 59.7 Å². The van der Waals surface area contributed by atoms with Gasteiger partial charge >= 0.3 is 5.97 Å². The minimum absolute atomic E-state index is 0.0274. The van der Waals surface area contributed by atoms with Crippen LogP contribution in [0.15, 0.2) is 48.5 Å². The molecule has 0 bridgehead atoms. The minimum atomic E-state index is -1.65. The number of aliphatic hydroxyl groups excluding tert-OH is 4. The normalized spacial score (nSPS) is 29.5. The van der Waals surface area contributed by atoms with Crippen molar-refractivity contribution in [2.45, 2.75) is 43.2 Å². The molecule has 10 heteroatoms. The third-order valence-electron chi connectivity index (χ3n) is 5.60. The first-order valence-corrected chi connectivity index (χ1v) is 10.3. The fraction of sp³-hybridized carbons (Fsp3) is 0.348. The van der Waals surface area contributed by atoms with E-state index in [1.54, 1.807) is 12.1 Å². The van der Waals surface area contributed by atoms with Crippen LogP contribution < -0.4 is 4.74 Å². The highest BCUT2D eigenvalue weighted by molar-refractivity contribution is 5.98. The van der Waals surface area contributed by atoms with Crippen LogP contribution in [0.5, 0.6) is 17.2 Å². The Labute approximate surface area is 188 Å². The molecule has 0 radical (unpaired) electrons. The Balaban J connectivity index is 1.62. The summed E-state index contributed by atoms with van der Waals surface area (Å²) in [4.78, 5) is 12.1. The lowest BCUT2D eigenvalue weighted by molar-refractivity contribution is -0.277. The van der Waals surface area contributed by atoms with E-state index in [4.69, 9.17) is 14.2 Å². The summed E-state index contributed by atoms with van der Waals surface area (Å²) in [5.74, 6) is -0.605. The predicted octanol–water partition coefficient (Wildman–Crippen LogP) is -0.172. The zero-order valence-corrected chi connectivity index (χ0v) is 17.3. The lowest BCUT2D eigenvalue weighted by Gasteiger charge is -2.39. The van der Waals surface area contributed by atoms with Crippen molar-refractivity contribution >= 4 is 11.5 Å². The molecule has 2 heterocycles. The molecule has 4 rings (SSSR count). The average Bonchev–Trinajstić information content (AvgIpc) is 3.15. The zero-order chi connectivity index (χ0) is 23.7. The maximum absolute atomic E-state index is 12.1. The van der Waals surface area contributed by atoms with Crippen molar-refractivity contribution in [2.24, 2.45) is 0 Å². The Morgan fingerprint density at radius 3 is 2.30 bits per heavy atom. The van der Waals surface area contributed by atoms with E-state index in [0.29, 0.717) is 17.6 Å². The van der Waals surface area contributed by atoms with E-state index in [9.17, 15) is 35.4 Å². The van der Waals surface area contributed by atoms with Crippen LogP contribution in [0.25, 0.3) is 5.57 Å². The van der Waals surface area contributed by atoms with E-state index in [0.717, 1.165) is 5.56 Å². The molecule has 2 aromatic carbocycles. The standard InChI is InChI=1S/C23H24O10/c24-10-18-20(28)21(29)22(30)23(33-18)32-17-8-13(26)5-6-14(17)15-9-19(27)31-16(15)7-11-1-3-12(25)4-2-11/h1-6,8-9,16,18,20-26,28-30H,7,10H2/t16?,18-,20-,21+,22-,23-/m1/s1. The second kappa shape index (κ2) is 9.38. The van der Waals surface area contributed by atoms with Crippen molar-refractivity contribution in [3.63, 3.8) is 0 Å². The molecule has 2 aliphatic heterocycles. The molecule has 0 aliphatic carbocycles. The van der Waals surface area contributed by atoms with Gasteiger partial charge in [0, 0.05) is 29.7 Å². The summed E-state index contributed by atoms with van der Waals surface area (Å²) >= 11 is 0. The zero-order valence-electron chi connectivity index (χ0n) is 17.3. The molecule has 176 valence electrons. The van der Waals surface area contributed by atoms with E-state index in [1.165, 1.54) is 36.4 Å². The van der Waals surface area contributed by atoms with Gasteiger partial charge < -0.3 is 44.8 Å². The van der Waals surface area contributed by atoms with E-state index in [1.807, 2.05) is 0 Å². The largest absolute Gasteiger partial charge is 0.508 e. The van der Waals surface area contributed by atoms with Crippen LogP contribution in [-0.2, 0) is 20.7 Å². The molecule has 1 fully saturated rings. The molecule has 10 nitrogen and oxygen atoms in total. The number of cyclic esters (lactones) is 1. The van der Waals surface area contributed by atoms with Gasteiger partial charge in [0.2, 0.25) is 6.29 Å². The summed E-state index contributed by atoms with van der Waals surface area (Å²) in [6.07, 6.45) is -6.59. The van der Waals surface area contributed by atoms with Crippen molar-refractivity contribution in [1.82, 2.24) is 0 Å². The van der Waals surface area contributed by atoms with Gasteiger partial charge in [0.1, 0.15) is 47.8 Å². The van der Waals surface area contributed by atoms with Crippen molar-refractivity contribution in [2.75, 3.05) is 6.61 Å². The van der Waals surface area contributed by atoms with Crippen LogP contribution in [0, 0.1) is 0 Å².